The van der Waals surface area contributed by atoms with Gasteiger partial charge in [0, 0.05) is 30.9 Å². The van der Waals surface area contributed by atoms with E-state index in [1.54, 1.807) is 21.9 Å². The van der Waals surface area contributed by atoms with E-state index < -0.39 is 11.0 Å². The van der Waals surface area contributed by atoms with Crippen LogP contribution in [0.3, 0.4) is 0 Å². The van der Waals surface area contributed by atoms with E-state index in [2.05, 4.69) is 0 Å². The van der Waals surface area contributed by atoms with Crippen molar-refractivity contribution in [1.82, 2.24) is 4.90 Å². The summed E-state index contributed by atoms with van der Waals surface area (Å²) < 4.78 is 0. The second-order valence-corrected chi connectivity index (χ2v) is 6.41. The number of hydrogen-bond acceptors (Lipinski definition) is 4. The van der Waals surface area contributed by atoms with Crippen LogP contribution in [0.2, 0.25) is 0 Å². The van der Waals surface area contributed by atoms with Gasteiger partial charge in [-0.25, -0.2) is 0 Å². The van der Waals surface area contributed by atoms with Crippen molar-refractivity contribution in [3.8, 4) is 0 Å². The van der Waals surface area contributed by atoms with Crippen LogP contribution in [-0.4, -0.2) is 40.8 Å². The Balaban J connectivity index is 1.70. The first kappa shape index (κ1) is 18.6. The summed E-state index contributed by atoms with van der Waals surface area (Å²) >= 11 is 0. The van der Waals surface area contributed by atoms with Gasteiger partial charge in [-0.15, -0.1) is 0 Å². The Morgan fingerprint density at radius 3 is 2.44 bits per heavy atom. The van der Waals surface area contributed by atoms with Crippen LogP contribution in [0.25, 0.3) is 0 Å². The lowest BCUT2D eigenvalue weighted by molar-refractivity contribution is -0.384. The zero-order valence-corrected chi connectivity index (χ0v) is 15.1. The van der Waals surface area contributed by atoms with Gasteiger partial charge in [0.15, 0.2) is 0 Å². The molecule has 3 rings (SSSR count). The molecule has 7 nitrogen and oxygen atoms in total. The number of carbonyl (C=O) groups is 2. The summed E-state index contributed by atoms with van der Waals surface area (Å²) in [5, 5.41) is 10.7. The van der Waals surface area contributed by atoms with Crippen LogP contribution in [0.15, 0.2) is 54.6 Å². The van der Waals surface area contributed by atoms with Crippen LogP contribution >= 0.6 is 0 Å². The van der Waals surface area contributed by atoms with Crippen LogP contribution in [0.1, 0.15) is 18.9 Å². The molecule has 1 atom stereocenters. The molecule has 2 aromatic rings. The van der Waals surface area contributed by atoms with Gasteiger partial charge in [0.25, 0.3) is 5.69 Å². The number of amides is 2. The third kappa shape index (κ3) is 3.97. The SMILES string of the molecule is CCN(C(=O)Cc1ccc([N+](=O)[O-])cc1)C1CCN(c2ccccc2)C1=O. The minimum absolute atomic E-state index is 0.0111. The molecule has 2 amide bonds. The van der Waals surface area contributed by atoms with Gasteiger partial charge in [-0.1, -0.05) is 30.3 Å². The Kier molecular flexibility index (Phi) is 5.49. The maximum atomic E-state index is 12.8. The molecular weight excluding hydrogens is 346 g/mol. The van der Waals surface area contributed by atoms with E-state index in [-0.39, 0.29) is 23.9 Å². The maximum Gasteiger partial charge on any atom is 0.269 e. The van der Waals surface area contributed by atoms with Gasteiger partial charge in [0.2, 0.25) is 11.8 Å². The highest BCUT2D eigenvalue weighted by Crippen LogP contribution is 2.25. The topological polar surface area (TPSA) is 83.8 Å². The molecule has 0 spiro atoms. The second kappa shape index (κ2) is 7.99. The number of anilines is 1. The van der Waals surface area contributed by atoms with E-state index in [9.17, 15) is 19.7 Å². The van der Waals surface area contributed by atoms with Gasteiger partial charge in [0.05, 0.1) is 11.3 Å². The Morgan fingerprint density at radius 1 is 1.19 bits per heavy atom. The van der Waals surface area contributed by atoms with Crippen molar-refractivity contribution in [2.24, 2.45) is 0 Å². The number of hydrogen-bond donors (Lipinski definition) is 0. The number of rotatable bonds is 6. The zero-order valence-electron chi connectivity index (χ0n) is 15.1. The Hall–Kier alpha value is -3.22. The highest BCUT2D eigenvalue weighted by atomic mass is 16.6. The molecule has 0 aliphatic carbocycles. The van der Waals surface area contributed by atoms with Crippen molar-refractivity contribution in [2.75, 3.05) is 18.0 Å². The van der Waals surface area contributed by atoms with Crippen molar-refractivity contribution >= 4 is 23.2 Å². The minimum atomic E-state index is -0.473. The molecule has 1 heterocycles. The van der Waals surface area contributed by atoms with Crippen molar-refractivity contribution < 1.29 is 14.5 Å². The molecule has 0 aromatic heterocycles. The largest absolute Gasteiger partial charge is 0.331 e. The van der Waals surface area contributed by atoms with Crippen LogP contribution in [0.5, 0.6) is 0 Å². The van der Waals surface area contributed by atoms with E-state index in [0.29, 0.717) is 25.1 Å². The predicted molar refractivity (Wildman–Crippen MR) is 101 cm³/mol. The van der Waals surface area contributed by atoms with Crippen molar-refractivity contribution in [3.63, 3.8) is 0 Å². The molecule has 1 fully saturated rings. The predicted octanol–water partition coefficient (Wildman–Crippen LogP) is 2.79. The summed E-state index contributed by atoms with van der Waals surface area (Å²) in [6.45, 7) is 2.87. The Labute approximate surface area is 157 Å². The molecule has 0 bridgehead atoms. The highest BCUT2D eigenvalue weighted by Gasteiger charge is 2.38. The monoisotopic (exact) mass is 367 g/mol. The number of nitro groups is 1. The standard InChI is InChI=1S/C20H21N3O4/c1-2-21(19(24)14-15-8-10-17(11-9-15)23(26)27)18-12-13-22(20(18)25)16-6-4-3-5-7-16/h3-11,18H,2,12-14H2,1H3. The number of para-hydroxylation sites is 1. The molecule has 0 N–H and O–H groups in total. The first-order valence-electron chi connectivity index (χ1n) is 8.90. The quantitative estimate of drug-likeness (QED) is 0.580. The average Bonchev–Trinajstić information content (AvgIpc) is 3.05. The average molecular weight is 367 g/mol. The smallest absolute Gasteiger partial charge is 0.269 e. The summed E-state index contributed by atoms with van der Waals surface area (Å²) in [5.41, 5.74) is 1.52. The molecule has 27 heavy (non-hydrogen) atoms. The fraction of sp³-hybridized carbons (Fsp3) is 0.300. The van der Waals surface area contributed by atoms with E-state index >= 15 is 0 Å². The fourth-order valence-corrected chi connectivity index (χ4v) is 3.40. The number of carbonyl (C=O) groups excluding carboxylic acids is 2. The zero-order chi connectivity index (χ0) is 19.4. The Morgan fingerprint density at radius 2 is 1.85 bits per heavy atom. The third-order valence-electron chi connectivity index (χ3n) is 4.78. The number of nitro benzene ring substituents is 1. The lowest BCUT2D eigenvalue weighted by atomic mass is 10.1. The van der Waals surface area contributed by atoms with Gasteiger partial charge >= 0.3 is 0 Å². The van der Waals surface area contributed by atoms with Crippen molar-refractivity contribution in [3.05, 3.63) is 70.3 Å². The summed E-state index contributed by atoms with van der Waals surface area (Å²) in [6, 6.07) is 14.9. The van der Waals surface area contributed by atoms with Gasteiger partial charge < -0.3 is 9.80 Å². The van der Waals surface area contributed by atoms with Gasteiger partial charge in [0.1, 0.15) is 6.04 Å². The third-order valence-corrected chi connectivity index (χ3v) is 4.78. The lowest BCUT2D eigenvalue weighted by Crippen LogP contribution is -2.45. The molecule has 1 unspecified atom stereocenters. The van der Waals surface area contributed by atoms with Gasteiger partial charge in [-0.3, -0.25) is 19.7 Å². The van der Waals surface area contributed by atoms with Gasteiger partial charge in [-0.05, 0) is 31.0 Å². The second-order valence-electron chi connectivity index (χ2n) is 6.41. The molecular formula is C20H21N3O4. The molecule has 1 aliphatic heterocycles. The summed E-state index contributed by atoms with van der Waals surface area (Å²) in [5.74, 6) is -0.222. The fourth-order valence-electron chi connectivity index (χ4n) is 3.40. The van der Waals surface area contributed by atoms with E-state index in [1.807, 2.05) is 37.3 Å². The molecule has 1 aliphatic rings. The maximum absolute atomic E-state index is 12.8. The minimum Gasteiger partial charge on any atom is -0.331 e. The number of nitrogens with zero attached hydrogens (tertiary/aromatic N) is 3. The molecule has 0 radical (unpaired) electrons. The van der Waals surface area contributed by atoms with Crippen LogP contribution < -0.4 is 4.90 Å². The summed E-state index contributed by atoms with van der Waals surface area (Å²) in [6.07, 6.45) is 0.703. The van der Waals surface area contributed by atoms with Gasteiger partial charge in [-0.2, -0.15) is 0 Å². The number of benzene rings is 2. The first-order valence-corrected chi connectivity index (χ1v) is 8.90. The van der Waals surface area contributed by atoms with Crippen LogP contribution in [-0.2, 0) is 16.0 Å². The van der Waals surface area contributed by atoms with Crippen molar-refractivity contribution in [2.45, 2.75) is 25.8 Å². The molecule has 140 valence electrons. The number of non-ortho nitro benzene ring substituents is 1. The van der Waals surface area contributed by atoms with E-state index in [1.165, 1.54) is 12.1 Å². The molecule has 2 aromatic carbocycles. The van der Waals surface area contributed by atoms with Crippen LogP contribution in [0, 0.1) is 10.1 Å². The summed E-state index contributed by atoms with van der Waals surface area (Å²) in [4.78, 5) is 39.2. The number of likely N-dealkylation sites (N-methyl/N-ethyl adjacent to an activating group) is 1. The normalized spacial score (nSPS) is 16.4. The molecule has 7 heteroatoms. The highest BCUT2D eigenvalue weighted by molar-refractivity contribution is 6.01. The summed E-state index contributed by atoms with van der Waals surface area (Å²) in [7, 11) is 0. The van der Waals surface area contributed by atoms with E-state index in [4.69, 9.17) is 0 Å². The molecule has 0 saturated carbocycles. The van der Waals surface area contributed by atoms with Crippen LogP contribution in [0.4, 0.5) is 11.4 Å². The van der Waals surface area contributed by atoms with E-state index in [0.717, 1.165) is 5.69 Å². The molecule has 1 saturated heterocycles. The van der Waals surface area contributed by atoms with Crippen molar-refractivity contribution in [1.29, 1.82) is 0 Å². The Bertz CT molecular complexity index is 836. The lowest BCUT2D eigenvalue weighted by Gasteiger charge is -2.27. The first-order chi connectivity index (χ1) is 13.0.